The number of rotatable bonds is 1. The summed E-state index contributed by atoms with van der Waals surface area (Å²) in [5.74, 6) is 0. The average Bonchev–Trinajstić information content (AvgIpc) is 2.63. The van der Waals surface area contributed by atoms with Crippen LogP contribution in [0.3, 0.4) is 0 Å². The van der Waals surface area contributed by atoms with Crippen LogP contribution in [0, 0.1) is 0 Å². The maximum absolute atomic E-state index is 11.1. The fourth-order valence-corrected chi connectivity index (χ4v) is 2.76. The minimum atomic E-state index is -4.23. The number of benzene rings is 3. The van der Waals surface area contributed by atoms with E-state index in [-0.39, 0.29) is 4.90 Å². The number of fused-ring (bicyclic) bond motifs is 1. The summed E-state index contributed by atoms with van der Waals surface area (Å²) in [4.78, 5) is -0.155. The Labute approximate surface area is 177 Å². The summed E-state index contributed by atoms with van der Waals surface area (Å²) < 4.78 is 57.1. The van der Waals surface area contributed by atoms with Gasteiger partial charge in [-0.2, -0.15) is 16.8 Å². The second-order valence-electron chi connectivity index (χ2n) is 5.61. The van der Waals surface area contributed by atoms with E-state index in [1.807, 2.05) is 13.8 Å². The molecule has 0 aromatic heterocycles. The topological polar surface area (TPSA) is 187 Å². The number of hydrogen-bond donors (Lipinski definition) is 5. The average molecular weight is 458 g/mol. The lowest BCUT2D eigenvalue weighted by Gasteiger charge is -2.04. The lowest BCUT2D eigenvalue weighted by atomic mass is 10.1. The van der Waals surface area contributed by atoms with Gasteiger partial charge in [0.15, 0.2) is 0 Å². The Kier molecular flexibility index (Phi) is 10.8. The van der Waals surface area contributed by atoms with Crippen LogP contribution >= 0.6 is 0 Å². The van der Waals surface area contributed by atoms with Gasteiger partial charge in [0.05, 0.1) is 6.26 Å². The van der Waals surface area contributed by atoms with E-state index in [1.54, 1.807) is 54.6 Å². The van der Waals surface area contributed by atoms with E-state index in [9.17, 15) is 16.8 Å². The molecule has 8 N–H and O–H groups in total. The Balaban J connectivity index is 0.000000472. The van der Waals surface area contributed by atoms with Crippen LogP contribution < -0.4 is 17.2 Å². The van der Waals surface area contributed by atoms with Crippen molar-refractivity contribution in [2.75, 3.05) is 23.5 Å². The zero-order valence-corrected chi connectivity index (χ0v) is 18.5. The number of nitrogens with two attached hydrogens (primary N) is 3. The zero-order chi connectivity index (χ0) is 23.5. The summed E-state index contributed by atoms with van der Waals surface area (Å²) in [5.41, 5.74) is 18.1. The van der Waals surface area contributed by atoms with Gasteiger partial charge >= 0.3 is 0 Å². The van der Waals surface area contributed by atoms with Gasteiger partial charge in [0.25, 0.3) is 20.2 Å². The summed E-state index contributed by atoms with van der Waals surface area (Å²) in [6.45, 7) is 4.00. The summed E-state index contributed by atoms with van der Waals surface area (Å²) in [7, 11) is -7.90. The standard InChI is InChI=1S/C10H9NO3S.C6H8N2.C2H6.CH4O3S/c11-8-5-7-3-1-2-4-9(7)10(6-8)15(12,13)14;7-5-1-2-6(8)4-3-5;1-2;1-5(2,3)4/h1-6H,11H2,(H,12,13,14);1-4H,7-8H2;1-2H3;1H3,(H,2,3,4). The predicted octanol–water partition coefficient (Wildman–Crippen LogP) is 3.05. The number of anilines is 3. The summed E-state index contributed by atoms with van der Waals surface area (Å²) >= 11 is 0. The molecule has 3 rings (SSSR count). The smallest absolute Gasteiger partial charge is 0.295 e. The molecule has 0 aliphatic carbocycles. The van der Waals surface area contributed by atoms with E-state index in [4.69, 9.17) is 26.3 Å². The third-order valence-electron chi connectivity index (χ3n) is 3.06. The van der Waals surface area contributed by atoms with Gasteiger partial charge in [0.2, 0.25) is 0 Å². The van der Waals surface area contributed by atoms with Gasteiger partial charge in [0, 0.05) is 22.4 Å². The molecule has 3 aromatic rings. The van der Waals surface area contributed by atoms with Crippen LogP contribution in [0.1, 0.15) is 13.8 Å². The SMILES string of the molecule is CC.CS(=O)(=O)O.Nc1cc(S(=O)(=O)O)c2ccccc2c1.Nc1ccc(N)cc1. The third kappa shape index (κ3) is 11.2. The zero-order valence-electron chi connectivity index (χ0n) is 16.8. The Bertz CT molecular complexity index is 1120. The Morgan fingerprint density at radius 2 is 1.10 bits per heavy atom. The van der Waals surface area contributed by atoms with Crippen LogP contribution in [0.4, 0.5) is 17.1 Å². The first-order valence-electron chi connectivity index (χ1n) is 8.56. The van der Waals surface area contributed by atoms with Crippen molar-refractivity contribution in [3.05, 3.63) is 60.7 Å². The first-order chi connectivity index (χ1) is 13.8. The van der Waals surface area contributed by atoms with E-state index < -0.39 is 20.2 Å². The molecule has 0 spiro atoms. The van der Waals surface area contributed by atoms with Crippen molar-refractivity contribution in [2.45, 2.75) is 18.7 Å². The van der Waals surface area contributed by atoms with Crippen LogP contribution in [-0.4, -0.2) is 32.2 Å². The van der Waals surface area contributed by atoms with Crippen molar-refractivity contribution >= 4 is 48.1 Å². The predicted molar refractivity (Wildman–Crippen MR) is 122 cm³/mol. The first-order valence-corrected chi connectivity index (χ1v) is 11.9. The molecule has 9 nitrogen and oxygen atoms in total. The van der Waals surface area contributed by atoms with E-state index in [1.165, 1.54) is 6.07 Å². The fraction of sp³-hybridized carbons (Fsp3) is 0.158. The Hall–Kier alpha value is -2.86. The van der Waals surface area contributed by atoms with Crippen molar-refractivity contribution in [3.63, 3.8) is 0 Å². The minimum Gasteiger partial charge on any atom is -0.399 e. The summed E-state index contributed by atoms with van der Waals surface area (Å²) in [6, 6.07) is 16.8. The molecule has 0 aliphatic heterocycles. The summed E-state index contributed by atoms with van der Waals surface area (Å²) in [6.07, 6.45) is 0.715. The molecule has 11 heteroatoms. The first kappa shape index (κ1) is 27.1. The molecule has 0 saturated heterocycles. The van der Waals surface area contributed by atoms with Gasteiger partial charge in [-0.1, -0.05) is 38.1 Å². The van der Waals surface area contributed by atoms with Gasteiger partial charge in [-0.05, 0) is 41.8 Å². The van der Waals surface area contributed by atoms with Crippen molar-refractivity contribution < 1.29 is 25.9 Å². The molecule has 0 amide bonds. The van der Waals surface area contributed by atoms with E-state index in [0.29, 0.717) is 22.7 Å². The molecule has 3 aromatic carbocycles. The van der Waals surface area contributed by atoms with Gasteiger partial charge in [0.1, 0.15) is 4.90 Å². The molecule has 0 unspecified atom stereocenters. The third-order valence-corrected chi connectivity index (χ3v) is 3.95. The second kappa shape index (κ2) is 12.0. The fourth-order valence-electron chi connectivity index (χ4n) is 2.01. The molecule has 0 bridgehead atoms. The lowest BCUT2D eigenvalue weighted by Crippen LogP contribution is -2.00. The van der Waals surface area contributed by atoms with Crippen LogP contribution in [0.25, 0.3) is 10.8 Å². The van der Waals surface area contributed by atoms with Crippen LogP contribution in [0.15, 0.2) is 65.6 Å². The maximum Gasteiger partial charge on any atom is 0.295 e. The highest BCUT2D eigenvalue weighted by Crippen LogP contribution is 2.25. The van der Waals surface area contributed by atoms with E-state index in [2.05, 4.69) is 0 Å². The van der Waals surface area contributed by atoms with Gasteiger partial charge in [-0.25, -0.2) is 0 Å². The Morgan fingerprint density at radius 1 is 0.700 bits per heavy atom. The summed E-state index contributed by atoms with van der Waals surface area (Å²) in [5, 5.41) is 1.15. The van der Waals surface area contributed by atoms with Crippen LogP contribution in [-0.2, 0) is 20.2 Å². The number of nitrogen functional groups attached to an aromatic ring is 3. The largest absolute Gasteiger partial charge is 0.399 e. The highest BCUT2D eigenvalue weighted by Gasteiger charge is 2.14. The van der Waals surface area contributed by atoms with Crippen molar-refractivity contribution in [3.8, 4) is 0 Å². The monoisotopic (exact) mass is 457 g/mol. The van der Waals surface area contributed by atoms with Crippen LogP contribution in [0.2, 0.25) is 0 Å². The lowest BCUT2D eigenvalue weighted by molar-refractivity contribution is 0.483. The molecular weight excluding hydrogens is 430 g/mol. The quantitative estimate of drug-likeness (QED) is 0.270. The molecule has 0 atom stereocenters. The Morgan fingerprint density at radius 3 is 1.50 bits per heavy atom. The van der Waals surface area contributed by atoms with Crippen LogP contribution in [0.5, 0.6) is 0 Å². The highest BCUT2D eigenvalue weighted by atomic mass is 32.2. The molecule has 0 aliphatic rings. The van der Waals surface area contributed by atoms with Crippen molar-refractivity contribution in [2.24, 2.45) is 0 Å². The molecule has 0 fully saturated rings. The molecule has 0 saturated carbocycles. The number of hydrogen-bond acceptors (Lipinski definition) is 7. The van der Waals surface area contributed by atoms with E-state index >= 15 is 0 Å². The molecule has 166 valence electrons. The van der Waals surface area contributed by atoms with Crippen molar-refractivity contribution in [1.82, 2.24) is 0 Å². The van der Waals surface area contributed by atoms with Gasteiger partial charge < -0.3 is 17.2 Å². The van der Waals surface area contributed by atoms with E-state index in [0.717, 1.165) is 11.4 Å². The minimum absolute atomic E-state index is 0.155. The van der Waals surface area contributed by atoms with Gasteiger partial charge in [-0.15, -0.1) is 0 Å². The maximum atomic E-state index is 11.1. The molecular formula is C19H27N3O6S2. The highest BCUT2D eigenvalue weighted by molar-refractivity contribution is 7.86. The second-order valence-corrected chi connectivity index (χ2v) is 8.47. The molecule has 0 radical (unpaired) electrons. The van der Waals surface area contributed by atoms with Crippen molar-refractivity contribution in [1.29, 1.82) is 0 Å². The molecule has 0 heterocycles. The molecule has 30 heavy (non-hydrogen) atoms. The van der Waals surface area contributed by atoms with Gasteiger partial charge in [-0.3, -0.25) is 9.11 Å². The normalized spacial score (nSPS) is 10.4.